The molecule has 26 heavy (non-hydrogen) atoms. The average molecular weight is 437 g/mol. The van der Waals surface area contributed by atoms with E-state index in [1.807, 2.05) is 36.4 Å². The highest BCUT2D eigenvalue weighted by atomic mass is 79.9. The van der Waals surface area contributed by atoms with E-state index in [0.29, 0.717) is 18.9 Å². The maximum absolute atomic E-state index is 12.4. The zero-order valence-corrected chi connectivity index (χ0v) is 17.0. The molecule has 0 spiro atoms. The van der Waals surface area contributed by atoms with E-state index < -0.39 is 10.0 Å². The van der Waals surface area contributed by atoms with Crippen LogP contribution in [-0.2, 0) is 10.0 Å². The SMILES string of the molecule is CCN(CC)S(=O)(=O)c1ccc(N/N=C\C(Br)=C\c2ccccc2)nc1. The molecule has 138 valence electrons. The zero-order valence-electron chi connectivity index (χ0n) is 14.6. The average Bonchev–Trinajstić information content (AvgIpc) is 2.64. The number of hydrogen-bond acceptors (Lipinski definition) is 5. The molecule has 8 heteroatoms. The summed E-state index contributed by atoms with van der Waals surface area (Å²) in [4.78, 5) is 4.28. The largest absolute Gasteiger partial charge is 0.261 e. The normalized spacial score (nSPS) is 12.7. The van der Waals surface area contributed by atoms with Crippen molar-refractivity contribution in [2.24, 2.45) is 5.10 Å². The number of allylic oxidation sites excluding steroid dienone is 1. The number of aromatic nitrogens is 1. The Morgan fingerprint density at radius 3 is 2.46 bits per heavy atom. The standard InChI is InChI=1S/C18H21BrN4O2S/c1-3-23(4-2)26(24,25)17-10-11-18(20-14-17)22-21-13-16(19)12-15-8-6-5-7-9-15/h5-14H,3-4H2,1-2H3,(H,20,22)/b16-12-,21-13-. The molecule has 0 bridgehead atoms. The lowest BCUT2D eigenvalue weighted by Crippen LogP contribution is -2.30. The Morgan fingerprint density at radius 2 is 1.88 bits per heavy atom. The molecule has 2 rings (SSSR count). The summed E-state index contributed by atoms with van der Waals surface area (Å²) in [5, 5.41) is 4.08. The maximum atomic E-state index is 12.4. The van der Waals surface area contributed by atoms with E-state index in [2.05, 4.69) is 31.4 Å². The molecule has 0 radical (unpaired) electrons. The van der Waals surface area contributed by atoms with Crippen LogP contribution in [0.2, 0.25) is 0 Å². The molecule has 1 N–H and O–H groups in total. The minimum Gasteiger partial charge on any atom is -0.261 e. The van der Waals surface area contributed by atoms with Gasteiger partial charge in [-0.25, -0.2) is 13.4 Å². The molecule has 1 aromatic heterocycles. The molecule has 0 saturated heterocycles. The first-order valence-electron chi connectivity index (χ1n) is 8.15. The van der Waals surface area contributed by atoms with E-state index in [0.717, 1.165) is 10.0 Å². The molecule has 6 nitrogen and oxygen atoms in total. The fraction of sp³-hybridized carbons (Fsp3) is 0.222. The van der Waals surface area contributed by atoms with Crippen molar-refractivity contribution in [3.05, 3.63) is 58.7 Å². The predicted octanol–water partition coefficient (Wildman–Crippen LogP) is 3.95. The fourth-order valence-corrected chi connectivity index (χ4v) is 3.99. The lowest BCUT2D eigenvalue weighted by atomic mass is 10.2. The van der Waals surface area contributed by atoms with Crippen LogP contribution in [0.1, 0.15) is 19.4 Å². The Balaban J connectivity index is 2.02. The summed E-state index contributed by atoms with van der Waals surface area (Å²) in [5.41, 5.74) is 3.83. The highest BCUT2D eigenvalue weighted by Crippen LogP contribution is 2.16. The third kappa shape index (κ3) is 5.48. The van der Waals surface area contributed by atoms with Crippen LogP contribution in [0.15, 0.2) is 63.1 Å². The van der Waals surface area contributed by atoms with E-state index in [4.69, 9.17) is 0 Å². The Bertz CT molecular complexity index is 862. The van der Waals surface area contributed by atoms with Crippen LogP contribution in [0, 0.1) is 0 Å². The number of pyridine rings is 1. The first kappa shape index (κ1) is 20.3. The molecular weight excluding hydrogens is 416 g/mol. The molecule has 0 aliphatic carbocycles. The molecular formula is C18H21BrN4O2S. The molecule has 0 aliphatic heterocycles. The number of halogens is 1. The minimum absolute atomic E-state index is 0.167. The molecule has 2 aromatic rings. The summed E-state index contributed by atoms with van der Waals surface area (Å²) >= 11 is 3.42. The van der Waals surface area contributed by atoms with E-state index in [9.17, 15) is 8.42 Å². The van der Waals surface area contributed by atoms with Crippen molar-refractivity contribution in [2.45, 2.75) is 18.7 Å². The predicted molar refractivity (Wildman–Crippen MR) is 110 cm³/mol. The Kier molecular flexibility index (Phi) is 7.50. The van der Waals surface area contributed by atoms with E-state index >= 15 is 0 Å². The molecule has 0 amide bonds. The summed E-state index contributed by atoms with van der Waals surface area (Å²) in [7, 11) is -3.50. The van der Waals surface area contributed by atoms with Gasteiger partial charge >= 0.3 is 0 Å². The van der Waals surface area contributed by atoms with Crippen LogP contribution in [0.4, 0.5) is 5.82 Å². The number of hydrazone groups is 1. The minimum atomic E-state index is -3.50. The van der Waals surface area contributed by atoms with Crippen LogP contribution >= 0.6 is 15.9 Å². The van der Waals surface area contributed by atoms with Crippen molar-refractivity contribution in [1.29, 1.82) is 0 Å². The number of nitrogens with one attached hydrogen (secondary N) is 1. The van der Waals surface area contributed by atoms with Gasteiger partial charge in [0.25, 0.3) is 0 Å². The second-order valence-electron chi connectivity index (χ2n) is 5.28. The van der Waals surface area contributed by atoms with Crippen LogP contribution in [-0.4, -0.2) is 37.0 Å². The summed E-state index contributed by atoms with van der Waals surface area (Å²) in [6.45, 7) is 4.45. The molecule has 0 unspecified atom stereocenters. The van der Waals surface area contributed by atoms with Gasteiger partial charge in [-0.05, 0) is 39.7 Å². The van der Waals surface area contributed by atoms with Gasteiger partial charge in [-0.3, -0.25) is 5.43 Å². The van der Waals surface area contributed by atoms with Gasteiger partial charge in [0.15, 0.2) is 0 Å². The zero-order chi connectivity index (χ0) is 19.0. The van der Waals surface area contributed by atoms with Gasteiger partial charge in [-0.15, -0.1) is 0 Å². The third-order valence-electron chi connectivity index (χ3n) is 3.55. The first-order chi connectivity index (χ1) is 12.5. The van der Waals surface area contributed by atoms with Crippen LogP contribution < -0.4 is 5.43 Å². The van der Waals surface area contributed by atoms with Crippen molar-refractivity contribution in [1.82, 2.24) is 9.29 Å². The highest BCUT2D eigenvalue weighted by Gasteiger charge is 2.21. The maximum Gasteiger partial charge on any atom is 0.244 e. The van der Waals surface area contributed by atoms with Gasteiger partial charge < -0.3 is 0 Å². The third-order valence-corrected chi connectivity index (χ3v) is 6.02. The fourth-order valence-electron chi connectivity index (χ4n) is 2.22. The second kappa shape index (κ2) is 9.61. The lowest BCUT2D eigenvalue weighted by molar-refractivity contribution is 0.445. The van der Waals surface area contributed by atoms with Crippen molar-refractivity contribution in [3.63, 3.8) is 0 Å². The number of anilines is 1. The van der Waals surface area contributed by atoms with Gasteiger partial charge in [0.2, 0.25) is 10.0 Å². The van der Waals surface area contributed by atoms with Crippen LogP contribution in [0.3, 0.4) is 0 Å². The summed E-state index contributed by atoms with van der Waals surface area (Å²) < 4.78 is 27.0. The van der Waals surface area contributed by atoms with E-state index in [1.54, 1.807) is 26.1 Å². The van der Waals surface area contributed by atoms with Crippen molar-refractivity contribution >= 4 is 44.1 Å². The number of hydrogen-bond donors (Lipinski definition) is 1. The number of sulfonamides is 1. The van der Waals surface area contributed by atoms with Gasteiger partial charge in [0, 0.05) is 23.8 Å². The summed E-state index contributed by atoms with van der Waals surface area (Å²) in [5.74, 6) is 0.458. The van der Waals surface area contributed by atoms with Crippen LogP contribution in [0.25, 0.3) is 6.08 Å². The van der Waals surface area contributed by atoms with Gasteiger partial charge in [0.1, 0.15) is 10.7 Å². The Labute approximate surface area is 162 Å². The van der Waals surface area contributed by atoms with Crippen LogP contribution in [0.5, 0.6) is 0 Å². The molecule has 0 fully saturated rings. The molecule has 1 heterocycles. The number of benzene rings is 1. The van der Waals surface area contributed by atoms with Gasteiger partial charge in [-0.1, -0.05) is 44.2 Å². The molecule has 1 aromatic carbocycles. The van der Waals surface area contributed by atoms with E-state index in [-0.39, 0.29) is 4.90 Å². The summed E-state index contributed by atoms with van der Waals surface area (Å²) in [6.07, 6.45) is 4.87. The second-order valence-corrected chi connectivity index (χ2v) is 8.13. The smallest absolute Gasteiger partial charge is 0.244 e. The van der Waals surface area contributed by atoms with Gasteiger partial charge in [0.05, 0.1) is 6.21 Å². The number of rotatable bonds is 8. The monoisotopic (exact) mass is 436 g/mol. The Hall–Kier alpha value is -2.03. The van der Waals surface area contributed by atoms with Crippen molar-refractivity contribution in [3.8, 4) is 0 Å². The summed E-state index contributed by atoms with van der Waals surface area (Å²) in [6, 6.07) is 12.9. The molecule has 0 saturated carbocycles. The number of nitrogens with zero attached hydrogens (tertiary/aromatic N) is 3. The molecule has 0 atom stereocenters. The lowest BCUT2D eigenvalue weighted by Gasteiger charge is -2.18. The topological polar surface area (TPSA) is 74.7 Å². The van der Waals surface area contributed by atoms with Crippen molar-refractivity contribution in [2.75, 3.05) is 18.5 Å². The van der Waals surface area contributed by atoms with Gasteiger partial charge in [-0.2, -0.15) is 9.41 Å². The first-order valence-corrected chi connectivity index (χ1v) is 10.4. The Morgan fingerprint density at radius 1 is 1.19 bits per heavy atom. The van der Waals surface area contributed by atoms with Crippen molar-refractivity contribution < 1.29 is 8.42 Å². The highest BCUT2D eigenvalue weighted by molar-refractivity contribution is 9.12. The van der Waals surface area contributed by atoms with E-state index in [1.165, 1.54) is 16.6 Å². The molecule has 0 aliphatic rings. The quantitative estimate of drug-likeness (QED) is 0.502.